The van der Waals surface area contributed by atoms with Gasteiger partial charge in [0.2, 0.25) is 5.88 Å². The smallest absolute Gasteiger partial charge is 0.262 e. The van der Waals surface area contributed by atoms with Crippen molar-refractivity contribution in [2.75, 3.05) is 0 Å². The predicted octanol–water partition coefficient (Wildman–Crippen LogP) is 4.72. The molecule has 0 unspecified atom stereocenters. The number of rotatable bonds is 5. The van der Waals surface area contributed by atoms with Crippen LogP contribution in [0.5, 0.6) is 5.88 Å². The molecule has 0 bridgehead atoms. The third-order valence-corrected chi connectivity index (χ3v) is 5.07. The van der Waals surface area contributed by atoms with E-state index in [9.17, 15) is 9.90 Å². The Labute approximate surface area is 178 Å². The lowest BCUT2D eigenvalue weighted by Gasteiger charge is -2.10. The molecule has 4 rings (SSSR count). The maximum absolute atomic E-state index is 12.6. The van der Waals surface area contributed by atoms with Crippen molar-refractivity contribution >= 4 is 29.6 Å². The molecule has 3 aromatic rings. The van der Waals surface area contributed by atoms with E-state index in [1.807, 2.05) is 66.7 Å². The first-order chi connectivity index (χ1) is 14.6. The molecule has 0 saturated heterocycles. The first-order valence-corrected chi connectivity index (χ1v) is 9.79. The molecule has 0 atom stereocenters. The zero-order valence-electron chi connectivity index (χ0n) is 16.1. The normalized spacial score (nSPS) is 14.5. The van der Waals surface area contributed by atoms with Gasteiger partial charge in [-0.2, -0.15) is 0 Å². The van der Waals surface area contributed by atoms with Crippen LogP contribution in [-0.4, -0.2) is 20.4 Å². The first kappa shape index (κ1) is 19.5. The van der Waals surface area contributed by atoms with Gasteiger partial charge in [0.1, 0.15) is 5.56 Å². The molecular weight excluding hydrogens is 394 g/mol. The quantitative estimate of drug-likeness (QED) is 0.469. The molecule has 2 heterocycles. The number of H-pyrrole nitrogens is 1. The van der Waals surface area contributed by atoms with E-state index in [-0.39, 0.29) is 22.8 Å². The monoisotopic (exact) mass is 413 g/mol. The lowest BCUT2D eigenvalue weighted by Crippen LogP contribution is -2.16. The molecule has 0 fully saturated rings. The van der Waals surface area contributed by atoms with Gasteiger partial charge in [-0.25, -0.2) is 4.99 Å². The molecule has 0 amide bonds. The summed E-state index contributed by atoms with van der Waals surface area (Å²) in [6, 6.07) is 19.6. The molecule has 1 aromatic heterocycles. The Hall–Kier alpha value is -3.77. The van der Waals surface area contributed by atoms with Gasteiger partial charge in [-0.1, -0.05) is 66.7 Å². The summed E-state index contributed by atoms with van der Waals surface area (Å²) in [5, 5.41) is 10.7. The molecule has 0 spiro atoms. The van der Waals surface area contributed by atoms with Crippen LogP contribution in [0.3, 0.4) is 0 Å². The third kappa shape index (κ3) is 3.73. The Morgan fingerprint density at radius 2 is 1.70 bits per heavy atom. The fourth-order valence-electron chi connectivity index (χ4n) is 3.29. The Kier molecular flexibility index (Phi) is 5.41. The second kappa shape index (κ2) is 8.31. The van der Waals surface area contributed by atoms with E-state index in [0.29, 0.717) is 5.70 Å². The average Bonchev–Trinajstić information content (AvgIpc) is 3.19. The number of aromatic nitrogens is 2. The van der Waals surface area contributed by atoms with Gasteiger partial charge in [-0.3, -0.25) is 14.3 Å². The van der Waals surface area contributed by atoms with Gasteiger partial charge in [0.05, 0.1) is 11.4 Å². The summed E-state index contributed by atoms with van der Waals surface area (Å²) < 4.78 is 1.55. The standard InChI is InChI=1S/C24H19N3O2S/c1-2-13-27-23(29)19(22(28)26-24(27)30)15-21-18(16-9-5-3-6-10-16)14-20(25-21)17-11-7-4-8-12-17/h2-12,14-15,29H,1,13H2,(H,26,28,30)/b21-15-. The highest BCUT2D eigenvalue weighted by atomic mass is 32.1. The Morgan fingerprint density at radius 1 is 1.07 bits per heavy atom. The summed E-state index contributed by atoms with van der Waals surface area (Å²) in [5.74, 6) is -0.216. The van der Waals surface area contributed by atoms with Crippen LogP contribution < -0.4 is 5.56 Å². The van der Waals surface area contributed by atoms with Gasteiger partial charge in [0, 0.05) is 17.7 Å². The highest BCUT2D eigenvalue weighted by molar-refractivity contribution is 7.71. The summed E-state index contributed by atoms with van der Waals surface area (Å²) in [6.07, 6.45) is 5.18. The van der Waals surface area contributed by atoms with E-state index in [4.69, 9.17) is 17.2 Å². The van der Waals surface area contributed by atoms with Gasteiger partial charge in [0.25, 0.3) is 5.56 Å². The summed E-state index contributed by atoms with van der Waals surface area (Å²) in [4.78, 5) is 19.9. The Bertz CT molecular complexity index is 1310. The molecular formula is C24H19N3O2S. The number of aromatic hydroxyl groups is 1. The van der Waals surface area contributed by atoms with Gasteiger partial charge in [0.15, 0.2) is 4.77 Å². The van der Waals surface area contributed by atoms with Crippen molar-refractivity contribution in [3.05, 3.63) is 117 Å². The van der Waals surface area contributed by atoms with Crippen LogP contribution in [0.4, 0.5) is 0 Å². The number of benzene rings is 2. The number of allylic oxidation sites excluding steroid dienone is 3. The highest BCUT2D eigenvalue weighted by Gasteiger charge is 2.19. The minimum Gasteiger partial charge on any atom is -0.494 e. The van der Waals surface area contributed by atoms with Gasteiger partial charge in [-0.05, 0) is 29.9 Å². The third-order valence-electron chi connectivity index (χ3n) is 4.75. The topological polar surface area (TPSA) is 70.4 Å². The molecule has 1 aliphatic rings. The fraction of sp³-hybridized carbons (Fsp3) is 0.0417. The maximum atomic E-state index is 12.6. The Morgan fingerprint density at radius 3 is 2.33 bits per heavy atom. The average molecular weight is 414 g/mol. The van der Waals surface area contributed by atoms with E-state index < -0.39 is 5.56 Å². The van der Waals surface area contributed by atoms with Crippen molar-refractivity contribution in [3.8, 4) is 5.88 Å². The van der Waals surface area contributed by atoms with E-state index >= 15 is 0 Å². The zero-order chi connectivity index (χ0) is 21.1. The first-order valence-electron chi connectivity index (χ1n) is 9.39. The fourth-order valence-corrected chi connectivity index (χ4v) is 3.54. The van der Waals surface area contributed by atoms with Crippen molar-refractivity contribution in [2.45, 2.75) is 6.54 Å². The number of hydrogen-bond donors (Lipinski definition) is 2. The minimum atomic E-state index is -0.471. The van der Waals surface area contributed by atoms with Crippen LogP contribution in [0, 0.1) is 4.77 Å². The molecule has 1 aliphatic heterocycles. The van der Waals surface area contributed by atoms with Crippen molar-refractivity contribution in [1.82, 2.24) is 9.55 Å². The largest absolute Gasteiger partial charge is 0.494 e. The van der Waals surface area contributed by atoms with Crippen LogP contribution in [-0.2, 0) is 6.54 Å². The predicted molar refractivity (Wildman–Crippen MR) is 123 cm³/mol. The van der Waals surface area contributed by atoms with Crippen molar-refractivity contribution in [3.63, 3.8) is 0 Å². The second-order valence-electron chi connectivity index (χ2n) is 6.71. The molecule has 0 radical (unpaired) electrons. The summed E-state index contributed by atoms with van der Waals surface area (Å²) >= 11 is 5.16. The number of hydrogen-bond acceptors (Lipinski definition) is 4. The Balaban J connectivity index is 1.91. The van der Waals surface area contributed by atoms with Gasteiger partial charge < -0.3 is 5.11 Å². The lowest BCUT2D eigenvalue weighted by atomic mass is 10.0. The van der Waals surface area contributed by atoms with Gasteiger partial charge in [-0.15, -0.1) is 6.58 Å². The van der Waals surface area contributed by atoms with Crippen molar-refractivity contribution in [2.24, 2.45) is 4.99 Å². The van der Waals surface area contributed by atoms with Crippen LogP contribution in [0.1, 0.15) is 16.7 Å². The number of nitrogens with zero attached hydrogens (tertiary/aromatic N) is 2. The zero-order valence-corrected chi connectivity index (χ0v) is 16.9. The molecule has 0 saturated carbocycles. The SMILES string of the molecule is C=CCn1c(O)c(/C=C2\N=C(c3ccccc3)C=C2c2ccccc2)c(=O)[nH]c1=S. The highest BCUT2D eigenvalue weighted by Crippen LogP contribution is 2.33. The molecule has 0 aliphatic carbocycles. The van der Waals surface area contributed by atoms with Gasteiger partial charge >= 0.3 is 0 Å². The van der Waals surface area contributed by atoms with E-state index in [1.165, 1.54) is 4.57 Å². The van der Waals surface area contributed by atoms with E-state index in [0.717, 1.165) is 22.4 Å². The summed E-state index contributed by atoms with van der Waals surface area (Å²) in [6.45, 7) is 3.95. The number of aliphatic imine (C=N–C) groups is 1. The summed E-state index contributed by atoms with van der Waals surface area (Å²) in [7, 11) is 0. The second-order valence-corrected chi connectivity index (χ2v) is 7.10. The van der Waals surface area contributed by atoms with Crippen LogP contribution in [0.25, 0.3) is 11.6 Å². The van der Waals surface area contributed by atoms with Crippen LogP contribution >= 0.6 is 12.2 Å². The molecule has 6 heteroatoms. The lowest BCUT2D eigenvalue weighted by molar-refractivity contribution is 0.412. The van der Waals surface area contributed by atoms with E-state index in [2.05, 4.69) is 11.6 Å². The number of aromatic amines is 1. The summed E-state index contributed by atoms with van der Waals surface area (Å²) in [5.41, 5.74) is 3.80. The molecule has 2 aromatic carbocycles. The van der Waals surface area contributed by atoms with Crippen LogP contribution in [0.2, 0.25) is 0 Å². The molecule has 2 N–H and O–H groups in total. The molecule has 30 heavy (non-hydrogen) atoms. The molecule has 5 nitrogen and oxygen atoms in total. The van der Waals surface area contributed by atoms with Crippen molar-refractivity contribution < 1.29 is 5.11 Å². The van der Waals surface area contributed by atoms with Crippen LogP contribution in [0.15, 0.2) is 94.9 Å². The molecule has 148 valence electrons. The maximum Gasteiger partial charge on any atom is 0.262 e. The van der Waals surface area contributed by atoms with Crippen molar-refractivity contribution in [1.29, 1.82) is 0 Å². The number of nitrogens with one attached hydrogen (secondary N) is 1. The van der Waals surface area contributed by atoms with E-state index in [1.54, 1.807) is 12.2 Å². The minimum absolute atomic E-state index is 0.0975.